The lowest BCUT2D eigenvalue weighted by atomic mass is 9.56. The van der Waals surface area contributed by atoms with Gasteiger partial charge < -0.3 is 25.2 Å². The van der Waals surface area contributed by atoms with Gasteiger partial charge in [-0.3, -0.25) is 29.0 Å². The van der Waals surface area contributed by atoms with E-state index < -0.39 is 73.4 Å². The summed E-state index contributed by atoms with van der Waals surface area (Å²) < 4.78 is 0. The summed E-state index contributed by atoms with van der Waals surface area (Å²) in [6, 6.07) is 22.6. The molecule has 6 unspecified atom stereocenters. The highest BCUT2D eigenvalue weighted by Gasteiger charge is 2.62. The zero-order valence-corrected chi connectivity index (χ0v) is 26.0. The molecule has 6 atom stereocenters. The summed E-state index contributed by atoms with van der Waals surface area (Å²) in [5.41, 5.74) is 1.77. The molecule has 8 rings (SSSR count). The maximum atomic E-state index is 14.5. The van der Waals surface area contributed by atoms with E-state index in [4.69, 9.17) is 0 Å². The highest BCUT2D eigenvalue weighted by atomic mass is 16.4. The summed E-state index contributed by atoms with van der Waals surface area (Å²) in [5.74, 6) is -6.89. The number of phenolic OH excluding ortho intramolecular Hbond substituents is 1. The van der Waals surface area contributed by atoms with Crippen molar-refractivity contribution in [3.05, 3.63) is 102 Å². The Bertz CT molecular complexity index is 2120. The molecule has 0 aromatic heterocycles. The average molecular weight is 656 g/mol. The number of aromatic hydroxyl groups is 1. The third-order valence-electron chi connectivity index (χ3n) is 10.8. The van der Waals surface area contributed by atoms with Crippen molar-refractivity contribution in [3.8, 4) is 5.75 Å². The fourth-order valence-corrected chi connectivity index (χ4v) is 8.68. The number of carbonyl (C=O) groups excluding carboxylic acids is 4. The van der Waals surface area contributed by atoms with E-state index in [9.17, 15) is 44.4 Å². The zero-order valence-electron chi connectivity index (χ0n) is 26.0. The molecular weight excluding hydrogens is 626 g/mol. The summed E-state index contributed by atoms with van der Waals surface area (Å²) in [4.78, 5) is 59.2. The van der Waals surface area contributed by atoms with Gasteiger partial charge in [0.15, 0.2) is 0 Å². The van der Waals surface area contributed by atoms with Gasteiger partial charge in [0.1, 0.15) is 5.75 Å². The summed E-state index contributed by atoms with van der Waals surface area (Å²) in [6.07, 6.45) is 2.19. The number of hydrogen-bond donors (Lipinski definition) is 5. The lowest BCUT2D eigenvalue weighted by molar-refractivity contribution is -0.126. The molecule has 0 radical (unpaired) electrons. The van der Waals surface area contributed by atoms with Crippen molar-refractivity contribution in [2.75, 3.05) is 9.80 Å². The van der Waals surface area contributed by atoms with Crippen molar-refractivity contribution in [1.29, 1.82) is 0 Å². The van der Waals surface area contributed by atoms with Crippen molar-refractivity contribution >= 4 is 70.9 Å². The van der Waals surface area contributed by atoms with Gasteiger partial charge in [0.25, 0.3) is 0 Å². The van der Waals surface area contributed by atoms with Crippen LogP contribution in [0.3, 0.4) is 0 Å². The Kier molecular flexibility index (Phi) is 7.34. The SMILES string of the molecule is O=C1C2CC=C3C(CC4C(=O)N(c5cccc(B(O)O)c5)C(=O)C4C3c3c(O)ccc4ccccc34)C2C(=O)N1c1cccc(B(O)O)c1. The van der Waals surface area contributed by atoms with Crippen molar-refractivity contribution in [3.63, 3.8) is 0 Å². The van der Waals surface area contributed by atoms with Crippen LogP contribution < -0.4 is 20.7 Å². The fourth-order valence-electron chi connectivity index (χ4n) is 8.68. The zero-order chi connectivity index (χ0) is 34.3. The summed E-state index contributed by atoms with van der Waals surface area (Å²) in [5, 5.41) is 52.1. The molecule has 0 bridgehead atoms. The minimum Gasteiger partial charge on any atom is -0.508 e. The lowest BCUT2D eigenvalue weighted by Gasteiger charge is -2.44. The molecule has 244 valence electrons. The molecule has 2 saturated heterocycles. The van der Waals surface area contributed by atoms with Crippen LogP contribution in [0.15, 0.2) is 96.6 Å². The Morgan fingerprint density at radius 1 is 0.612 bits per heavy atom. The number of amides is 4. The Hall–Kier alpha value is -5.07. The first kappa shape index (κ1) is 31.2. The van der Waals surface area contributed by atoms with Crippen LogP contribution in [0.4, 0.5) is 11.4 Å². The first-order chi connectivity index (χ1) is 23.6. The van der Waals surface area contributed by atoms with Crippen LogP contribution in [0, 0.1) is 29.6 Å². The predicted molar refractivity (Wildman–Crippen MR) is 181 cm³/mol. The maximum absolute atomic E-state index is 14.5. The highest BCUT2D eigenvalue weighted by molar-refractivity contribution is 6.59. The molecule has 2 heterocycles. The first-order valence-corrected chi connectivity index (χ1v) is 16.1. The van der Waals surface area contributed by atoms with Crippen LogP contribution in [0.1, 0.15) is 24.3 Å². The van der Waals surface area contributed by atoms with Crippen LogP contribution >= 0.6 is 0 Å². The number of rotatable bonds is 5. The van der Waals surface area contributed by atoms with Crippen molar-refractivity contribution < 1.29 is 44.4 Å². The number of phenols is 1. The van der Waals surface area contributed by atoms with E-state index in [0.717, 1.165) is 15.2 Å². The number of nitrogens with zero attached hydrogens (tertiary/aromatic N) is 2. The highest BCUT2D eigenvalue weighted by Crippen LogP contribution is 2.60. The molecule has 5 N–H and O–H groups in total. The topological polar surface area (TPSA) is 176 Å². The van der Waals surface area contributed by atoms with E-state index in [2.05, 4.69) is 0 Å². The Balaban J connectivity index is 1.27. The summed E-state index contributed by atoms with van der Waals surface area (Å²) in [6.45, 7) is 0. The van der Waals surface area contributed by atoms with Crippen molar-refractivity contribution in [2.24, 2.45) is 29.6 Å². The standard InChI is InChI=1S/C36H30B2N2O9/c41-28-14-11-18-5-1-2-10-23(18)30(28)31-24-12-13-25-29(35(44)39(33(25)42)21-8-3-6-19(15-21)37(46)47)26(24)17-27-32(31)36(45)40(34(27)43)22-9-4-7-20(16-22)38(48)49/h1-12,14-16,25-27,29,31-32,41,46-49H,13,17H2. The maximum Gasteiger partial charge on any atom is 0.488 e. The normalized spacial score (nSPS) is 26.1. The Morgan fingerprint density at radius 2 is 1.20 bits per heavy atom. The number of allylic oxidation sites excluding steroid dienone is 2. The molecule has 4 amide bonds. The summed E-state index contributed by atoms with van der Waals surface area (Å²) in [7, 11) is -3.63. The second kappa shape index (κ2) is 11.5. The van der Waals surface area contributed by atoms with Gasteiger partial charge >= 0.3 is 14.2 Å². The third-order valence-corrected chi connectivity index (χ3v) is 10.8. The van der Waals surface area contributed by atoms with Gasteiger partial charge in [-0.2, -0.15) is 0 Å². The van der Waals surface area contributed by atoms with Crippen LogP contribution in [-0.4, -0.2) is 63.1 Å². The third kappa shape index (κ3) is 4.68. The number of imide groups is 2. The number of fused-ring (bicyclic) bond motifs is 5. The molecule has 4 aromatic rings. The van der Waals surface area contributed by atoms with E-state index in [1.54, 1.807) is 24.3 Å². The number of benzene rings is 4. The van der Waals surface area contributed by atoms with E-state index in [1.165, 1.54) is 36.4 Å². The minimum atomic E-state index is -1.82. The Morgan fingerprint density at radius 3 is 1.84 bits per heavy atom. The van der Waals surface area contributed by atoms with Gasteiger partial charge in [-0.15, -0.1) is 0 Å². The minimum absolute atomic E-state index is 0.0648. The quantitative estimate of drug-likeness (QED) is 0.119. The largest absolute Gasteiger partial charge is 0.508 e. The second-order valence-corrected chi connectivity index (χ2v) is 13.2. The molecule has 11 nitrogen and oxygen atoms in total. The fraction of sp³-hybridized carbons (Fsp3) is 0.222. The van der Waals surface area contributed by atoms with Crippen molar-refractivity contribution in [2.45, 2.75) is 18.8 Å². The van der Waals surface area contributed by atoms with E-state index in [0.29, 0.717) is 16.5 Å². The molecule has 0 spiro atoms. The molecule has 3 fully saturated rings. The molecule has 49 heavy (non-hydrogen) atoms. The number of carbonyl (C=O) groups is 4. The molecule has 1 saturated carbocycles. The van der Waals surface area contributed by atoms with Crippen LogP contribution in [-0.2, 0) is 19.2 Å². The molecule has 2 aliphatic heterocycles. The monoisotopic (exact) mass is 656 g/mol. The smallest absolute Gasteiger partial charge is 0.488 e. The Labute approximate surface area is 281 Å². The second-order valence-electron chi connectivity index (χ2n) is 13.2. The molecular formula is C36H30B2N2O9. The van der Waals surface area contributed by atoms with Crippen LogP contribution in [0.5, 0.6) is 5.75 Å². The van der Waals surface area contributed by atoms with Crippen LogP contribution in [0.2, 0.25) is 0 Å². The summed E-state index contributed by atoms with van der Waals surface area (Å²) >= 11 is 0. The van der Waals surface area contributed by atoms with Gasteiger partial charge in [0.2, 0.25) is 23.6 Å². The van der Waals surface area contributed by atoms with E-state index >= 15 is 0 Å². The first-order valence-electron chi connectivity index (χ1n) is 16.1. The molecule has 4 aliphatic rings. The predicted octanol–water partition coefficient (Wildman–Crippen LogP) is 0.950. The van der Waals surface area contributed by atoms with Gasteiger partial charge in [-0.05, 0) is 70.8 Å². The average Bonchev–Trinajstić information content (AvgIpc) is 3.51. The van der Waals surface area contributed by atoms with Gasteiger partial charge in [-0.1, -0.05) is 66.2 Å². The molecule has 13 heteroatoms. The van der Waals surface area contributed by atoms with E-state index in [1.807, 2.05) is 30.3 Å². The number of anilines is 2. The molecule has 4 aromatic carbocycles. The van der Waals surface area contributed by atoms with Crippen molar-refractivity contribution in [1.82, 2.24) is 0 Å². The van der Waals surface area contributed by atoms with Gasteiger partial charge in [0.05, 0.1) is 35.0 Å². The van der Waals surface area contributed by atoms with Gasteiger partial charge in [0, 0.05) is 11.5 Å². The molecule has 2 aliphatic carbocycles. The van der Waals surface area contributed by atoms with Crippen LogP contribution in [0.25, 0.3) is 10.8 Å². The number of hydrogen-bond acceptors (Lipinski definition) is 9. The van der Waals surface area contributed by atoms with E-state index in [-0.39, 0.29) is 40.9 Å². The lowest BCUT2D eigenvalue weighted by Crippen LogP contribution is -2.43. The van der Waals surface area contributed by atoms with Gasteiger partial charge in [-0.25, -0.2) is 0 Å².